The zero-order chi connectivity index (χ0) is 17.7. The van der Waals surface area contributed by atoms with Gasteiger partial charge >= 0.3 is 0 Å². The Morgan fingerprint density at radius 3 is 2.50 bits per heavy atom. The summed E-state index contributed by atoms with van der Waals surface area (Å²) in [5, 5.41) is 0. The molecule has 1 fully saturated rings. The number of ether oxygens (including phenoxy) is 1. The van der Waals surface area contributed by atoms with Crippen LogP contribution >= 0.6 is 0 Å². The van der Waals surface area contributed by atoms with Crippen LogP contribution in [0.4, 0.5) is 0 Å². The Kier molecular flexibility index (Phi) is 6.66. The lowest BCUT2D eigenvalue weighted by Crippen LogP contribution is -2.29. The van der Waals surface area contributed by atoms with E-state index in [9.17, 15) is 8.42 Å². The van der Waals surface area contributed by atoms with Crippen molar-refractivity contribution in [3.63, 3.8) is 0 Å². The van der Waals surface area contributed by atoms with Gasteiger partial charge in [-0.05, 0) is 75.0 Å². The van der Waals surface area contributed by atoms with Gasteiger partial charge in [0.1, 0.15) is 5.75 Å². The van der Waals surface area contributed by atoms with Crippen LogP contribution in [-0.4, -0.2) is 46.6 Å². The van der Waals surface area contributed by atoms with E-state index >= 15 is 0 Å². The summed E-state index contributed by atoms with van der Waals surface area (Å²) in [6.45, 7) is 9.60. The van der Waals surface area contributed by atoms with Crippen LogP contribution in [0.5, 0.6) is 5.75 Å². The number of aryl methyl sites for hydroxylation is 1. The van der Waals surface area contributed by atoms with Crippen LogP contribution in [0.15, 0.2) is 17.0 Å². The minimum Gasteiger partial charge on any atom is -0.496 e. The largest absolute Gasteiger partial charge is 0.496 e. The first-order chi connectivity index (χ1) is 11.3. The number of hydrogen-bond acceptors (Lipinski definition) is 4. The molecule has 1 N–H and O–H groups in total. The molecule has 1 saturated heterocycles. The average molecular weight is 355 g/mol. The molecule has 0 bridgehead atoms. The molecule has 1 aliphatic rings. The van der Waals surface area contributed by atoms with Crippen LogP contribution in [0.3, 0.4) is 0 Å². The first kappa shape index (κ1) is 19.2. The molecule has 0 saturated carbocycles. The Morgan fingerprint density at radius 1 is 1.25 bits per heavy atom. The summed E-state index contributed by atoms with van der Waals surface area (Å²) in [6, 6.07) is 3.57. The molecule has 2 rings (SSSR count). The zero-order valence-electron chi connectivity index (χ0n) is 15.3. The van der Waals surface area contributed by atoms with Gasteiger partial charge in [0.15, 0.2) is 0 Å². The van der Waals surface area contributed by atoms with E-state index in [0.717, 1.165) is 37.4 Å². The highest BCUT2D eigenvalue weighted by Gasteiger charge is 2.20. The van der Waals surface area contributed by atoms with Gasteiger partial charge in [0.05, 0.1) is 12.0 Å². The first-order valence-corrected chi connectivity index (χ1v) is 10.2. The molecule has 0 spiro atoms. The van der Waals surface area contributed by atoms with E-state index in [-0.39, 0.29) is 5.92 Å². The standard InChI is InChI=1S/C18H30N2O3S/c1-14(2)16-13-18(15(3)12-17(16)23-4)24(21,22)19-8-7-11-20-9-5-6-10-20/h12-14,19H,5-11H2,1-4H3. The highest BCUT2D eigenvalue weighted by atomic mass is 32.2. The van der Waals surface area contributed by atoms with Crippen molar-refractivity contribution in [2.24, 2.45) is 0 Å². The van der Waals surface area contributed by atoms with E-state index in [1.165, 1.54) is 12.8 Å². The molecule has 0 atom stereocenters. The lowest BCUT2D eigenvalue weighted by Gasteiger charge is -2.17. The molecule has 1 aromatic carbocycles. The van der Waals surface area contributed by atoms with Crippen molar-refractivity contribution < 1.29 is 13.2 Å². The molecule has 136 valence electrons. The van der Waals surface area contributed by atoms with Crippen LogP contribution in [0, 0.1) is 6.92 Å². The lowest BCUT2D eigenvalue weighted by atomic mass is 10.0. The molecule has 0 radical (unpaired) electrons. The molecule has 6 heteroatoms. The molecule has 24 heavy (non-hydrogen) atoms. The topological polar surface area (TPSA) is 58.6 Å². The Labute approximate surface area is 146 Å². The third kappa shape index (κ3) is 4.71. The smallest absolute Gasteiger partial charge is 0.240 e. The second-order valence-corrected chi connectivity index (χ2v) is 8.55. The van der Waals surface area contributed by atoms with E-state index in [0.29, 0.717) is 17.0 Å². The number of nitrogens with one attached hydrogen (secondary N) is 1. The van der Waals surface area contributed by atoms with Gasteiger partial charge in [0, 0.05) is 6.54 Å². The van der Waals surface area contributed by atoms with E-state index in [4.69, 9.17) is 4.74 Å². The number of rotatable bonds is 8. The molecule has 1 aromatic rings. The number of methoxy groups -OCH3 is 1. The summed E-state index contributed by atoms with van der Waals surface area (Å²) in [6.07, 6.45) is 3.36. The van der Waals surface area contributed by atoms with Crippen LogP contribution in [0.1, 0.15) is 50.2 Å². The van der Waals surface area contributed by atoms with Crippen molar-refractivity contribution >= 4 is 10.0 Å². The zero-order valence-corrected chi connectivity index (χ0v) is 16.1. The number of hydrogen-bond donors (Lipinski definition) is 1. The van der Waals surface area contributed by atoms with Crippen molar-refractivity contribution in [3.05, 3.63) is 23.3 Å². The summed E-state index contributed by atoms with van der Waals surface area (Å²) < 4.78 is 33.5. The Morgan fingerprint density at radius 2 is 1.92 bits per heavy atom. The number of nitrogens with zero attached hydrogens (tertiary/aromatic N) is 1. The van der Waals surface area contributed by atoms with Crippen molar-refractivity contribution in [1.29, 1.82) is 0 Å². The normalized spacial score (nSPS) is 16.0. The Bertz CT molecular complexity index is 650. The highest BCUT2D eigenvalue weighted by Crippen LogP contribution is 2.31. The molecule has 0 aromatic heterocycles. The van der Waals surface area contributed by atoms with E-state index in [1.807, 2.05) is 26.8 Å². The summed E-state index contributed by atoms with van der Waals surface area (Å²) in [5.74, 6) is 0.945. The summed E-state index contributed by atoms with van der Waals surface area (Å²) in [7, 11) is -1.88. The molecule has 0 unspecified atom stereocenters. The fourth-order valence-electron chi connectivity index (χ4n) is 3.19. The lowest BCUT2D eigenvalue weighted by molar-refractivity contribution is 0.334. The van der Waals surface area contributed by atoms with Crippen molar-refractivity contribution in [1.82, 2.24) is 9.62 Å². The maximum Gasteiger partial charge on any atom is 0.240 e. The fourth-order valence-corrected chi connectivity index (χ4v) is 4.52. The second-order valence-electron chi connectivity index (χ2n) is 6.81. The van der Waals surface area contributed by atoms with E-state index < -0.39 is 10.0 Å². The third-order valence-corrected chi connectivity index (χ3v) is 6.18. The Hall–Kier alpha value is -1.11. The molecule has 5 nitrogen and oxygen atoms in total. The molecule has 0 aliphatic carbocycles. The van der Waals surface area contributed by atoms with Gasteiger partial charge < -0.3 is 9.64 Å². The van der Waals surface area contributed by atoms with Gasteiger partial charge in [0.2, 0.25) is 10.0 Å². The fraction of sp³-hybridized carbons (Fsp3) is 0.667. The first-order valence-electron chi connectivity index (χ1n) is 8.75. The molecule has 1 aliphatic heterocycles. The van der Waals surface area contributed by atoms with Gasteiger partial charge in [-0.15, -0.1) is 0 Å². The summed E-state index contributed by atoms with van der Waals surface area (Å²) >= 11 is 0. The summed E-state index contributed by atoms with van der Waals surface area (Å²) in [4.78, 5) is 2.75. The maximum absolute atomic E-state index is 12.7. The third-order valence-electron chi connectivity index (χ3n) is 4.58. The number of likely N-dealkylation sites (tertiary alicyclic amines) is 1. The predicted octanol–water partition coefficient (Wildman–Crippen LogP) is 2.89. The van der Waals surface area contributed by atoms with Crippen molar-refractivity contribution in [2.75, 3.05) is 33.3 Å². The van der Waals surface area contributed by atoms with Crippen LogP contribution in [-0.2, 0) is 10.0 Å². The van der Waals surface area contributed by atoms with Gasteiger partial charge in [-0.25, -0.2) is 13.1 Å². The highest BCUT2D eigenvalue weighted by molar-refractivity contribution is 7.89. The quantitative estimate of drug-likeness (QED) is 0.729. The minimum atomic E-state index is -3.49. The molecular formula is C18H30N2O3S. The second kappa shape index (κ2) is 8.32. The van der Waals surface area contributed by atoms with Gasteiger partial charge in [-0.1, -0.05) is 13.8 Å². The summed E-state index contributed by atoms with van der Waals surface area (Å²) in [5.41, 5.74) is 1.63. The number of benzene rings is 1. The maximum atomic E-state index is 12.7. The van der Waals surface area contributed by atoms with E-state index in [1.54, 1.807) is 13.2 Å². The monoisotopic (exact) mass is 354 g/mol. The van der Waals surface area contributed by atoms with Gasteiger partial charge in [0.25, 0.3) is 0 Å². The average Bonchev–Trinajstić information content (AvgIpc) is 3.04. The van der Waals surface area contributed by atoms with Crippen LogP contribution in [0.25, 0.3) is 0 Å². The van der Waals surface area contributed by atoms with Crippen molar-refractivity contribution in [3.8, 4) is 5.75 Å². The minimum absolute atomic E-state index is 0.199. The van der Waals surface area contributed by atoms with Crippen LogP contribution < -0.4 is 9.46 Å². The SMILES string of the molecule is COc1cc(C)c(S(=O)(=O)NCCCN2CCCC2)cc1C(C)C. The van der Waals surface area contributed by atoms with Gasteiger partial charge in [-0.2, -0.15) is 0 Å². The molecular weight excluding hydrogens is 324 g/mol. The van der Waals surface area contributed by atoms with Crippen molar-refractivity contribution in [2.45, 2.75) is 50.8 Å². The molecule has 0 amide bonds. The molecule has 1 heterocycles. The van der Waals surface area contributed by atoms with Gasteiger partial charge in [-0.3, -0.25) is 0 Å². The van der Waals surface area contributed by atoms with Crippen LogP contribution in [0.2, 0.25) is 0 Å². The predicted molar refractivity (Wildman–Crippen MR) is 97.3 cm³/mol. The number of sulfonamides is 1. The Balaban J connectivity index is 2.06. The van der Waals surface area contributed by atoms with E-state index in [2.05, 4.69) is 9.62 Å².